The highest BCUT2D eigenvalue weighted by molar-refractivity contribution is 6.04. The Morgan fingerprint density at radius 2 is 1.83 bits per heavy atom. The van der Waals surface area contributed by atoms with Gasteiger partial charge in [-0.2, -0.15) is 0 Å². The molecule has 0 aliphatic heterocycles. The molecule has 2 aromatic rings. The number of carbonyl (C=O) groups is 1. The highest BCUT2D eigenvalue weighted by Gasteiger charge is 2.12. The Bertz CT molecular complexity index is 710. The van der Waals surface area contributed by atoms with Crippen molar-refractivity contribution >= 4 is 11.6 Å². The van der Waals surface area contributed by atoms with Gasteiger partial charge < -0.3 is 14.8 Å². The van der Waals surface area contributed by atoms with Crippen LogP contribution in [0, 0.1) is 13.8 Å². The Labute approximate surface area is 143 Å². The van der Waals surface area contributed by atoms with E-state index in [0.717, 1.165) is 22.6 Å². The van der Waals surface area contributed by atoms with E-state index in [9.17, 15) is 4.79 Å². The Morgan fingerprint density at radius 3 is 2.50 bits per heavy atom. The minimum atomic E-state index is -0.136. The minimum absolute atomic E-state index is 0.136. The van der Waals surface area contributed by atoms with Crippen LogP contribution in [0.1, 0.15) is 40.9 Å². The molecule has 4 nitrogen and oxygen atoms in total. The first-order valence-corrected chi connectivity index (χ1v) is 8.27. The first kappa shape index (κ1) is 18.0. The first-order chi connectivity index (χ1) is 11.5. The summed E-state index contributed by atoms with van der Waals surface area (Å²) < 4.78 is 11.1. The second-order valence-corrected chi connectivity index (χ2v) is 5.67. The average molecular weight is 327 g/mol. The summed E-state index contributed by atoms with van der Waals surface area (Å²) in [6.45, 7) is 9.52. The van der Waals surface area contributed by atoms with E-state index in [4.69, 9.17) is 9.47 Å². The van der Waals surface area contributed by atoms with E-state index in [1.165, 1.54) is 5.56 Å². The Kier molecular flexibility index (Phi) is 6.38. The molecule has 24 heavy (non-hydrogen) atoms. The number of aryl methyl sites for hydroxylation is 2. The number of rotatable bonds is 7. The molecule has 2 rings (SSSR count). The van der Waals surface area contributed by atoms with Gasteiger partial charge in [-0.05, 0) is 57.5 Å². The fourth-order valence-electron chi connectivity index (χ4n) is 2.49. The number of hydrogen-bond donors (Lipinski definition) is 1. The van der Waals surface area contributed by atoms with Crippen molar-refractivity contribution in [3.63, 3.8) is 0 Å². The van der Waals surface area contributed by atoms with E-state index < -0.39 is 0 Å². The molecule has 0 aromatic heterocycles. The summed E-state index contributed by atoms with van der Waals surface area (Å²) in [6.07, 6.45) is 0. The van der Waals surface area contributed by atoms with Gasteiger partial charge in [0.25, 0.3) is 5.91 Å². The molecule has 0 saturated carbocycles. The number of benzene rings is 2. The van der Waals surface area contributed by atoms with Crippen LogP contribution in [0.2, 0.25) is 0 Å². The van der Waals surface area contributed by atoms with Gasteiger partial charge >= 0.3 is 0 Å². The largest absolute Gasteiger partial charge is 0.494 e. The van der Waals surface area contributed by atoms with Gasteiger partial charge in [-0.1, -0.05) is 17.7 Å². The minimum Gasteiger partial charge on any atom is -0.494 e. The fourth-order valence-corrected chi connectivity index (χ4v) is 2.49. The van der Waals surface area contributed by atoms with E-state index in [1.807, 2.05) is 58.0 Å². The average Bonchev–Trinajstić information content (AvgIpc) is 2.56. The number of amides is 1. The van der Waals surface area contributed by atoms with Crippen molar-refractivity contribution in [2.24, 2.45) is 0 Å². The summed E-state index contributed by atoms with van der Waals surface area (Å²) >= 11 is 0. The Balaban J connectivity index is 2.21. The molecule has 0 aliphatic carbocycles. The van der Waals surface area contributed by atoms with Gasteiger partial charge in [0.1, 0.15) is 5.75 Å². The van der Waals surface area contributed by atoms with Crippen molar-refractivity contribution in [3.8, 4) is 5.75 Å². The summed E-state index contributed by atoms with van der Waals surface area (Å²) in [5.41, 5.74) is 4.51. The molecule has 1 amide bonds. The highest BCUT2D eigenvalue weighted by atomic mass is 16.5. The van der Waals surface area contributed by atoms with Gasteiger partial charge in [0.15, 0.2) is 0 Å². The molecule has 2 aromatic carbocycles. The lowest BCUT2D eigenvalue weighted by Crippen LogP contribution is -2.13. The molecule has 0 heterocycles. The zero-order chi connectivity index (χ0) is 17.5. The molecular formula is C20H25NO3. The normalized spacial score (nSPS) is 10.5. The lowest BCUT2D eigenvalue weighted by Gasteiger charge is -2.13. The van der Waals surface area contributed by atoms with E-state index in [0.29, 0.717) is 25.4 Å². The molecule has 128 valence electrons. The van der Waals surface area contributed by atoms with Crippen molar-refractivity contribution in [2.45, 2.75) is 34.3 Å². The fraction of sp³-hybridized carbons (Fsp3) is 0.350. The number of nitrogens with one attached hydrogen (secondary N) is 1. The van der Waals surface area contributed by atoms with Crippen LogP contribution < -0.4 is 10.1 Å². The van der Waals surface area contributed by atoms with Gasteiger partial charge in [-0.15, -0.1) is 0 Å². The maximum atomic E-state index is 12.6. The summed E-state index contributed by atoms with van der Waals surface area (Å²) in [7, 11) is 0. The van der Waals surface area contributed by atoms with Crippen molar-refractivity contribution in [1.29, 1.82) is 0 Å². The van der Waals surface area contributed by atoms with E-state index in [1.54, 1.807) is 6.07 Å². The summed E-state index contributed by atoms with van der Waals surface area (Å²) in [5.74, 6) is 0.622. The van der Waals surface area contributed by atoms with Crippen LogP contribution in [0.15, 0.2) is 36.4 Å². The molecule has 0 atom stereocenters. The van der Waals surface area contributed by atoms with E-state index in [2.05, 4.69) is 5.32 Å². The van der Waals surface area contributed by atoms with Gasteiger partial charge in [0.2, 0.25) is 0 Å². The molecular weight excluding hydrogens is 302 g/mol. The van der Waals surface area contributed by atoms with Crippen LogP contribution in [0.5, 0.6) is 5.75 Å². The van der Waals surface area contributed by atoms with E-state index in [-0.39, 0.29) is 5.91 Å². The number of carbonyl (C=O) groups excluding carboxylic acids is 1. The topological polar surface area (TPSA) is 47.6 Å². The maximum absolute atomic E-state index is 12.6. The highest BCUT2D eigenvalue weighted by Crippen LogP contribution is 2.23. The Hall–Kier alpha value is -2.33. The third-order valence-corrected chi connectivity index (χ3v) is 3.71. The molecule has 0 aliphatic rings. The standard InChI is InChI=1S/C20H25NO3/c1-5-23-13-17-12-16(8-10-19(17)24-6-2)20(22)21-18-9-7-14(3)11-15(18)4/h7-12H,5-6,13H2,1-4H3,(H,21,22). The van der Waals surface area contributed by atoms with Gasteiger partial charge in [-0.3, -0.25) is 4.79 Å². The third-order valence-electron chi connectivity index (χ3n) is 3.71. The van der Waals surface area contributed by atoms with E-state index >= 15 is 0 Å². The lowest BCUT2D eigenvalue weighted by atomic mass is 10.1. The predicted molar refractivity (Wildman–Crippen MR) is 96.8 cm³/mol. The molecule has 0 spiro atoms. The summed E-state index contributed by atoms with van der Waals surface area (Å²) in [4.78, 5) is 12.6. The van der Waals surface area contributed by atoms with Crippen molar-refractivity contribution in [3.05, 3.63) is 58.7 Å². The smallest absolute Gasteiger partial charge is 0.255 e. The number of anilines is 1. The number of ether oxygens (including phenoxy) is 2. The zero-order valence-corrected chi connectivity index (χ0v) is 14.8. The van der Waals surface area contributed by atoms with Crippen LogP contribution in [0.25, 0.3) is 0 Å². The molecule has 4 heteroatoms. The van der Waals surface area contributed by atoms with Crippen LogP contribution in [-0.2, 0) is 11.3 Å². The molecule has 0 radical (unpaired) electrons. The number of hydrogen-bond acceptors (Lipinski definition) is 3. The summed E-state index contributed by atoms with van der Waals surface area (Å²) in [5, 5.41) is 2.97. The van der Waals surface area contributed by atoms with Crippen LogP contribution in [0.4, 0.5) is 5.69 Å². The maximum Gasteiger partial charge on any atom is 0.255 e. The molecule has 0 fully saturated rings. The van der Waals surface area contributed by atoms with Crippen LogP contribution >= 0.6 is 0 Å². The van der Waals surface area contributed by atoms with Gasteiger partial charge in [-0.25, -0.2) is 0 Å². The monoisotopic (exact) mass is 327 g/mol. The van der Waals surface area contributed by atoms with Gasteiger partial charge in [0, 0.05) is 23.4 Å². The van der Waals surface area contributed by atoms with Crippen molar-refractivity contribution < 1.29 is 14.3 Å². The van der Waals surface area contributed by atoms with Gasteiger partial charge in [0.05, 0.1) is 13.2 Å². The molecule has 0 unspecified atom stereocenters. The molecule has 1 N–H and O–H groups in total. The Morgan fingerprint density at radius 1 is 1.04 bits per heavy atom. The second-order valence-electron chi connectivity index (χ2n) is 5.67. The second kappa shape index (κ2) is 8.50. The lowest BCUT2D eigenvalue weighted by molar-refractivity contribution is 0.102. The van der Waals surface area contributed by atoms with Crippen molar-refractivity contribution in [2.75, 3.05) is 18.5 Å². The van der Waals surface area contributed by atoms with Crippen LogP contribution in [-0.4, -0.2) is 19.1 Å². The summed E-state index contributed by atoms with van der Waals surface area (Å²) in [6, 6.07) is 11.4. The SMILES string of the molecule is CCOCc1cc(C(=O)Nc2ccc(C)cc2C)ccc1OCC. The quantitative estimate of drug-likeness (QED) is 0.815. The van der Waals surface area contributed by atoms with Crippen molar-refractivity contribution in [1.82, 2.24) is 0 Å². The molecule has 0 saturated heterocycles. The first-order valence-electron chi connectivity index (χ1n) is 8.27. The third kappa shape index (κ3) is 4.59. The zero-order valence-electron chi connectivity index (χ0n) is 14.8. The molecule has 0 bridgehead atoms. The van der Waals surface area contributed by atoms with Crippen LogP contribution in [0.3, 0.4) is 0 Å². The predicted octanol–water partition coefficient (Wildman–Crippen LogP) is 4.49.